The van der Waals surface area contributed by atoms with Crippen LogP contribution in [-0.2, 0) is 9.53 Å². The van der Waals surface area contributed by atoms with Gasteiger partial charge in [-0.25, -0.2) is 0 Å². The van der Waals surface area contributed by atoms with Crippen molar-refractivity contribution in [2.24, 2.45) is 0 Å². The van der Waals surface area contributed by atoms with Gasteiger partial charge in [0.25, 0.3) is 0 Å². The van der Waals surface area contributed by atoms with Crippen LogP contribution in [0, 0.1) is 0 Å². The van der Waals surface area contributed by atoms with E-state index < -0.39 is 37.0 Å². The number of carboxylic acid groups (broad SMARTS) is 1. The molecular weight excluding hydrogens is 440 g/mol. The summed E-state index contributed by atoms with van der Waals surface area (Å²) in [5.74, 6) is -0.653. The van der Waals surface area contributed by atoms with E-state index in [9.17, 15) is 20.1 Å². The Morgan fingerprint density at radius 2 is 1.03 bits per heavy atom. The molecule has 4 unspecified atom stereocenters. The molecule has 8 nitrogen and oxygen atoms in total. The fraction of sp³-hybridized carbons (Fsp3) is 0.962. The molecule has 0 aliphatic carbocycles. The van der Waals surface area contributed by atoms with Crippen molar-refractivity contribution in [2.45, 2.75) is 141 Å². The van der Waals surface area contributed by atoms with E-state index in [1.165, 1.54) is 83.5 Å². The smallest absolute Gasteiger partial charge is 0.303 e. The van der Waals surface area contributed by atoms with E-state index in [4.69, 9.17) is 20.1 Å². The molecule has 0 spiro atoms. The summed E-state index contributed by atoms with van der Waals surface area (Å²) in [4.78, 5) is 10.3. The summed E-state index contributed by atoms with van der Waals surface area (Å²) in [7, 11) is 0. The third-order valence-electron chi connectivity index (χ3n) is 5.81. The third kappa shape index (κ3) is 24.4. The highest BCUT2D eigenvalue weighted by Gasteiger charge is 2.29. The molecule has 0 saturated heterocycles. The maximum Gasteiger partial charge on any atom is 0.303 e. The number of ether oxygens (including phenoxy) is 1. The van der Waals surface area contributed by atoms with Crippen molar-refractivity contribution in [3.8, 4) is 0 Å². The molecule has 0 amide bonds. The van der Waals surface area contributed by atoms with Crippen molar-refractivity contribution < 1.29 is 40.2 Å². The second-order valence-electron chi connectivity index (χ2n) is 9.05. The van der Waals surface area contributed by atoms with Crippen molar-refractivity contribution >= 4 is 5.97 Å². The highest BCUT2D eigenvalue weighted by Crippen LogP contribution is 2.13. The Kier molecular flexibility index (Phi) is 27.9. The van der Waals surface area contributed by atoms with Crippen LogP contribution in [0.15, 0.2) is 0 Å². The minimum atomic E-state index is -1.59. The molecular formula is C26H54O8. The molecule has 34 heavy (non-hydrogen) atoms. The molecule has 0 aliphatic heterocycles. The lowest BCUT2D eigenvalue weighted by atomic mass is 10.0. The van der Waals surface area contributed by atoms with Gasteiger partial charge in [-0.2, -0.15) is 0 Å². The first-order chi connectivity index (χ1) is 16.3. The molecule has 0 radical (unpaired) electrons. The molecule has 206 valence electrons. The van der Waals surface area contributed by atoms with E-state index in [-0.39, 0.29) is 6.61 Å². The van der Waals surface area contributed by atoms with Gasteiger partial charge in [0, 0.05) is 13.0 Å². The lowest BCUT2D eigenvalue weighted by molar-refractivity contribution is -0.137. The molecule has 0 aromatic heterocycles. The molecule has 0 rings (SSSR count). The Morgan fingerprint density at radius 1 is 0.647 bits per heavy atom. The van der Waals surface area contributed by atoms with E-state index in [1.54, 1.807) is 6.92 Å². The number of aliphatic carboxylic acids is 1. The standard InChI is InChI=1S/C18H36O2.C8H18O6/c1-2-3-4-5-6-7-8-9-10-11-12-13-14-15-16-17-18(19)20;1-2-14-4-6(11)8(13)7(12)5(10)3-9/h2-17H2,1H3,(H,19,20);5-13H,2-4H2,1H3. The average molecular weight is 495 g/mol. The van der Waals surface area contributed by atoms with E-state index in [0.29, 0.717) is 13.0 Å². The topological polar surface area (TPSA) is 148 Å². The van der Waals surface area contributed by atoms with Gasteiger partial charge in [-0.15, -0.1) is 0 Å². The maximum atomic E-state index is 10.3. The van der Waals surface area contributed by atoms with Gasteiger partial charge in [-0.1, -0.05) is 96.8 Å². The zero-order valence-corrected chi connectivity index (χ0v) is 21.7. The largest absolute Gasteiger partial charge is 0.481 e. The predicted molar refractivity (Wildman–Crippen MR) is 135 cm³/mol. The van der Waals surface area contributed by atoms with Crippen molar-refractivity contribution in [3.63, 3.8) is 0 Å². The van der Waals surface area contributed by atoms with Gasteiger partial charge in [-0.3, -0.25) is 4.79 Å². The second-order valence-corrected chi connectivity index (χ2v) is 9.05. The Labute approximate surface area is 207 Å². The fourth-order valence-corrected chi connectivity index (χ4v) is 3.55. The van der Waals surface area contributed by atoms with Crippen LogP contribution in [-0.4, -0.2) is 80.8 Å². The monoisotopic (exact) mass is 494 g/mol. The SMILES string of the molecule is CCCCCCCCCCCCCCCCCC(=O)O.CCOCC(O)C(O)C(O)C(O)CO. The Balaban J connectivity index is 0. The quantitative estimate of drug-likeness (QED) is 0.118. The van der Waals surface area contributed by atoms with Gasteiger partial charge in [0.15, 0.2) is 0 Å². The van der Waals surface area contributed by atoms with Crippen LogP contribution >= 0.6 is 0 Å². The van der Waals surface area contributed by atoms with Crippen LogP contribution in [0.2, 0.25) is 0 Å². The van der Waals surface area contributed by atoms with E-state index in [1.807, 2.05) is 0 Å². The van der Waals surface area contributed by atoms with Gasteiger partial charge in [0.05, 0.1) is 13.2 Å². The van der Waals surface area contributed by atoms with Gasteiger partial charge in [0.1, 0.15) is 24.4 Å². The molecule has 8 heteroatoms. The number of unbranched alkanes of at least 4 members (excludes halogenated alkanes) is 14. The van der Waals surface area contributed by atoms with E-state index >= 15 is 0 Å². The molecule has 0 aromatic carbocycles. The predicted octanol–water partition coefficient (Wildman–Crippen LogP) is 3.79. The molecule has 0 bridgehead atoms. The maximum absolute atomic E-state index is 10.3. The summed E-state index contributed by atoms with van der Waals surface area (Å²) in [6, 6.07) is 0. The fourth-order valence-electron chi connectivity index (χ4n) is 3.55. The number of carboxylic acids is 1. The van der Waals surface area contributed by atoms with Gasteiger partial charge in [-0.05, 0) is 13.3 Å². The van der Waals surface area contributed by atoms with Gasteiger partial charge >= 0.3 is 5.97 Å². The minimum absolute atomic E-state index is 0.132. The van der Waals surface area contributed by atoms with Crippen LogP contribution < -0.4 is 0 Å². The van der Waals surface area contributed by atoms with Crippen LogP contribution in [0.5, 0.6) is 0 Å². The molecule has 0 aromatic rings. The van der Waals surface area contributed by atoms with Crippen molar-refractivity contribution in [2.75, 3.05) is 19.8 Å². The van der Waals surface area contributed by atoms with Crippen molar-refractivity contribution in [1.82, 2.24) is 0 Å². The zero-order valence-electron chi connectivity index (χ0n) is 21.7. The number of aliphatic hydroxyl groups is 5. The minimum Gasteiger partial charge on any atom is -0.481 e. The summed E-state index contributed by atoms with van der Waals surface area (Å²) >= 11 is 0. The summed E-state index contributed by atoms with van der Waals surface area (Å²) in [6.07, 6.45) is 14.3. The molecule has 0 aliphatic rings. The number of hydrogen-bond donors (Lipinski definition) is 6. The Bertz CT molecular complexity index is 422. The summed E-state index contributed by atoms with van der Waals surface area (Å²) in [6.45, 7) is 3.55. The molecule has 0 fully saturated rings. The second kappa shape index (κ2) is 26.8. The van der Waals surface area contributed by atoms with Crippen LogP contribution in [0.4, 0.5) is 0 Å². The zero-order chi connectivity index (χ0) is 26.0. The highest BCUT2D eigenvalue weighted by atomic mass is 16.5. The van der Waals surface area contributed by atoms with Gasteiger partial charge in [0.2, 0.25) is 0 Å². The van der Waals surface area contributed by atoms with Crippen LogP contribution in [0.1, 0.15) is 117 Å². The molecule has 0 saturated carbocycles. The molecule has 6 N–H and O–H groups in total. The summed E-state index contributed by atoms with van der Waals surface area (Å²) in [5, 5.41) is 53.6. The summed E-state index contributed by atoms with van der Waals surface area (Å²) < 4.78 is 4.81. The average Bonchev–Trinajstić information content (AvgIpc) is 2.83. The third-order valence-corrected chi connectivity index (χ3v) is 5.81. The van der Waals surface area contributed by atoms with Crippen molar-refractivity contribution in [3.05, 3.63) is 0 Å². The number of rotatable bonds is 23. The lowest BCUT2D eigenvalue weighted by Crippen LogP contribution is -2.47. The molecule has 4 atom stereocenters. The van der Waals surface area contributed by atoms with Crippen molar-refractivity contribution in [1.29, 1.82) is 0 Å². The first-order valence-corrected chi connectivity index (χ1v) is 13.4. The number of carbonyl (C=O) groups is 1. The Hall–Kier alpha value is -0.770. The normalized spacial score (nSPS) is 14.7. The highest BCUT2D eigenvalue weighted by molar-refractivity contribution is 5.66. The van der Waals surface area contributed by atoms with Crippen LogP contribution in [0.25, 0.3) is 0 Å². The van der Waals surface area contributed by atoms with Crippen LogP contribution in [0.3, 0.4) is 0 Å². The Morgan fingerprint density at radius 3 is 1.38 bits per heavy atom. The first-order valence-electron chi connectivity index (χ1n) is 13.4. The lowest BCUT2D eigenvalue weighted by Gasteiger charge is -2.25. The molecule has 0 heterocycles. The number of aliphatic hydroxyl groups excluding tert-OH is 5. The van der Waals surface area contributed by atoms with E-state index in [2.05, 4.69) is 6.92 Å². The van der Waals surface area contributed by atoms with E-state index in [0.717, 1.165) is 12.8 Å². The summed E-state index contributed by atoms with van der Waals surface area (Å²) in [5.41, 5.74) is 0. The van der Waals surface area contributed by atoms with Gasteiger partial charge < -0.3 is 35.4 Å². The first kappa shape index (κ1) is 35.4. The number of hydrogen-bond acceptors (Lipinski definition) is 7.